The molecular weight excluding hydrogens is 338 g/mol. The summed E-state index contributed by atoms with van der Waals surface area (Å²) in [7, 11) is 3.06. The summed E-state index contributed by atoms with van der Waals surface area (Å²) in [4.78, 5) is 14.2. The zero-order valence-electron chi connectivity index (χ0n) is 13.1. The number of carbonyl (C=O) groups is 1. The Bertz CT molecular complexity index is 486. The van der Waals surface area contributed by atoms with Crippen LogP contribution in [0.4, 0.5) is 0 Å². The van der Waals surface area contributed by atoms with Gasteiger partial charge in [0.2, 0.25) is 0 Å². The standard InChI is InChI=1S/C15H22BrNO4/c1-6-17(9-15(2,3)19)14(18)10-7-11(20-4)13(16)12(8-10)21-5/h7-8,19H,6,9H2,1-5H3. The van der Waals surface area contributed by atoms with Crippen LogP contribution in [-0.2, 0) is 0 Å². The first-order valence-electron chi connectivity index (χ1n) is 6.66. The number of carbonyl (C=O) groups excluding carboxylic acids is 1. The average Bonchev–Trinajstić information content (AvgIpc) is 2.43. The minimum Gasteiger partial charge on any atom is -0.495 e. The van der Waals surface area contributed by atoms with E-state index in [9.17, 15) is 9.90 Å². The van der Waals surface area contributed by atoms with Crippen molar-refractivity contribution in [3.8, 4) is 11.5 Å². The topological polar surface area (TPSA) is 59.0 Å². The normalized spacial score (nSPS) is 11.2. The third-order valence-electron chi connectivity index (χ3n) is 2.94. The van der Waals surface area contributed by atoms with E-state index in [1.807, 2.05) is 6.92 Å². The van der Waals surface area contributed by atoms with Crippen molar-refractivity contribution in [1.29, 1.82) is 0 Å². The van der Waals surface area contributed by atoms with E-state index >= 15 is 0 Å². The van der Waals surface area contributed by atoms with E-state index in [0.29, 0.717) is 28.1 Å². The Hall–Kier alpha value is -1.27. The molecule has 1 rings (SSSR count). The molecule has 0 aromatic heterocycles. The fourth-order valence-electron chi connectivity index (χ4n) is 1.97. The maximum atomic E-state index is 12.6. The lowest BCUT2D eigenvalue weighted by molar-refractivity contribution is 0.0314. The van der Waals surface area contributed by atoms with Crippen LogP contribution in [0.15, 0.2) is 16.6 Å². The maximum absolute atomic E-state index is 12.6. The summed E-state index contributed by atoms with van der Waals surface area (Å²) in [5.74, 6) is 0.873. The lowest BCUT2D eigenvalue weighted by atomic mass is 10.1. The molecule has 0 fully saturated rings. The first-order chi connectivity index (χ1) is 9.73. The van der Waals surface area contributed by atoms with Crippen molar-refractivity contribution in [2.75, 3.05) is 27.3 Å². The van der Waals surface area contributed by atoms with Crippen LogP contribution < -0.4 is 9.47 Å². The first kappa shape index (κ1) is 17.8. The Kier molecular flexibility index (Phi) is 6.04. The predicted octanol–water partition coefficient (Wildman–Crippen LogP) is 2.70. The van der Waals surface area contributed by atoms with Crippen molar-refractivity contribution in [3.05, 3.63) is 22.2 Å². The Labute approximate surface area is 134 Å². The Morgan fingerprint density at radius 3 is 2.10 bits per heavy atom. The lowest BCUT2D eigenvalue weighted by Crippen LogP contribution is -2.42. The third kappa shape index (κ3) is 4.61. The number of hydrogen-bond acceptors (Lipinski definition) is 4. The van der Waals surface area contributed by atoms with Crippen LogP contribution >= 0.6 is 15.9 Å². The molecule has 0 saturated heterocycles. The van der Waals surface area contributed by atoms with Crippen molar-refractivity contribution >= 4 is 21.8 Å². The summed E-state index contributed by atoms with van der Waals surface area (Å²) in [5, 5.41) is 9.91. The van der Waals surface area contributed by atoms with Gasteiger partial charge in [0.05, 0.1) is 19.8 Å². The molecular formula is C15H22BrNO4. The number of amides is 1. The SMILES string of the molecule is CCN(CC(C)(C)O)C(=O)c1cc(OC)c(Br)c(OC)c1. The van der Waals surface area contributed by atoms with E-state index in [-0.39, 0.29) is 12.5 Å². The maximum Gasteiger partial charge on any atom is 0.254 e. The molecule has 0 heterocycles. The number of nitrogens with zero attached hydrogens (tertiary/aromatic N) is 1. The monoisotopic (exact) mass is 359 g/mol. The Morgan fingerprint density at radius 2 is 1.76 bits per heavy atom. The molecule has 5 nitrogen and oxygen atoms in total. The molecule has 21 heavy (non-hydrogen) atoms. The van der Waals surface area contributed by atoms with E-state index < -0.39 is 5.60 Å². The summed E-state index contributed by atoms with van der Waals surface area (Å²) >= 11 is 3.37. The number of rotatable bonds is 6. The highest BCUT2D eigenvalue weighted by molar-refractivity contribution is 9.10. The summed E-state index contributed by atoms with van der Waals surface area (Å²) < 4.78 is 11.2. The molecule has 1 aromatic carbocycles. The number of likely N-dealkylation sites (N-methyl/N-ethyl adjacent to an activating group) is 1. The zero-order chi connectivity index (χ0) is 16.2. The van der Waals surface area contributed by atoms with E-state index in [2.05, 4.69) is 15.9 Å². The molecule has 0 aliphatic heterocycles. The molecule has 0 spiro atoms. The van der Waals surface area contributed by atoms with Crippen molar-refractivity contribution in [3.63, 3.8) is 0 Å². The van der Waals surface area contributed by atoms with Gasteiger partial charge in [0, 0.05) is 18.7 Å². The number of methoxy groups -OCH3 is 2. The molecule has 0 bridgehead atoms. The van der Waals surface area contributed by atoms with Crippen LogP contribution in [0.5, 0.6) is 11.5 Å². The summed E-state index contributed by atoms with van der Waals surface area (Å²) in [6, 6.07) is 3.31. The Balaban J connectivity index is 3.16. The van der Waals surface area contributed by atoms with E-state index in [0.717, 1.165) is 0 Å². The highest BCUT2D eigenvalue weighted by Crippen LogP contribution is 2.36. The second-order valence-electron chi connectivity index (χ2n) is 5.33. The van der Waals surface area contributed by atoms with Gasteiger partial charge in [0.25, 0.3) is 5.91 Å². The van der Waals surface area contributed by atoms with Crippen molar-refractivity contribution in [2.45, 2.75) is 26.4 Å². The predicted molar refractivity (Wildman–Crippen MR) is 85.1 cm³/mol. The molecule has 1 amide bonds. The second kappa shape index (κ2) is 7.13. The van der Waals surface area contributed by atoms with Gasteiger partial charge in [-0.05, 0) is 48.8 Å². The van der Waals surface area contributed by atoms with Crippen LogP contribution in [0, 0.1) is 0 Å². The van der Waals surface area contributed by atoms with Gasteiger partial charge in [0.15, 0.2) is 0 Å². The second-order valence-corrected chi connectivity index (χ2v) is 6.12. The fraction of sp³-hybridized carbons (Fsp3) is 0.533. The van der Waals surface area contributed by atoms with Gasteiger partial charge in [-0.3, -0.25) is 4.79 Å². The van der Waals surface area contributed by atoms with Crippen LogP contribution in [0.2, 0.25) is 0 Å². The molecule has 118 valence electrons. The van der Waals surface area contributed by atoms with E-state index in [4.69, 9.17) is 9.47 Å². The molecule has 6 heteroatoms. The average molecular weight is 360 g/mol. The van der Waals surface area contributed by atoms with Gasteiger partial charge in [-0.15, -0.1) is 0 Å². The van der Waals surface area contributed by atoms with Crippen molar-refractivity contribution in [2.24, 2.45) is 0 Å². The van der Waals surface area contributed by atoms with Gasteiger partial charge < -0.3 is 19.5 Å². The number of hydrogen-bond donors (Lipinski definition) is 1. The lowest BCUT2D eigenvalue weighted by Gasteiger charge is -2.28. The molecule has 0 unspecified atom stereocenters. The van der Waals surface area contributed by atoms with Crippen LogP contribution in [0.3, 0.4) is 0 Å². The van der Waals surface area contributed by atoms with E-state index in [1.165, 1.54) is 14.2 Å². The minimum atomic E-state index is -0.949. The van der Waals surface area contributed by atoms with Crippen molar-refractivity contribution in [1.82, 2.24) is 4.90 Å². The zero-order valence-corrected chi connectivity index (χ0v) is 14.7. The van der Waals surface area contributed by atoms with Gasteiger partial charge >= 0.3 is 0 Å². The highest BCUT2D eigenvalue weighted by atomic mass is 79.9. The summed E-state index contributed by atoms with van der Waals surface area (Å²) in [6.45, 7) is 5.97. The van der Waals surface area contributed by atoms with Gasteiger partial charge in [0.1, 0.15) is 16.0 Å². The number of halogens is 1. The van der Waals surface area contributed by atoms with Gasteiger partial charge in [-0.25, -0.2) is 0 Å². The number of benzene rings is 1. The summed E-state index contributed by atoms with van der Waals surface area (Å²) in [5.41, 5.74) is -0.493. The molecule has 0 saturated carbocycles. The van der Waals surface area contributed by atoms with Gasteiger partial charge in [-0.1, -0.05) is 0 Å². The minimum absolute atomic E-state index is 0.177. The molecule has 0 radical (unpaired) electrons. The van der Waals surface area contributed by atoms with Crippen LogP contribution in [-0.4, -0.2) is 48.8 Å². The van der Waals surface area contributed by atoms with Crippen LogP contribution in [0.25, 0.3) is 0 Å². The summed E-state index contributed by atoms with van der Waals surface area (Å²) in [6.07, 6.45) is 0. The number of ether oxygens (including phenoxy) is 2. The first-order valence-corrected chi connectivity index (χ1v) is 7.46. The van der Waals surface area contributed by atoms with Crippen LogP contribution in [0.1, 0.15) is 31.1 Å². The van der Waals surface area contributed by atoms with Gasteiger partial charge in [-0.2, -0.15) is 0 Å². The molecule has 0 aliphatic rings. The molecule has 1 N–H and O–H groups in total. The largest absolute Gasteiger partial charge is 0.495 e. The highest BCUT2D eigenvalue weighted by Gasteiger charge is 2.24. The smallest absolute Gasteiger partial charge is 0.254 e. The Morgan fingerprint density at radius 1 is 1.29 bits per heavy atom. The third-order valence-corrected chi connectivity index (χ3v) is 3.72. The quantitative estimate of drug-likeness (QED) is 0.848. The molecule has 1 aromatic rings. The van der Waals surface area contributed by atoms with Crippen molar-refractivity contribution < 1.29 is 19.4 Å². The number of aliphatic hydroxyl groups is 1. The molecule has 0 aliphatic carbocycles. The van der Waals surface area contributed by atoms with E-state index in [1.54, 1.807) is 30.9 Å². The fourth-order valence-corrected chi connectivity index (χ4v) is 2.52. The molecule has 0 atom stereocenters.